The van der Waals surface area contributed by atoms with Crippen LogP contribution < -0.4 is 5.32 Å². The van der Waals surface area contributed by atoms with Crippen molar-refractivity contribution in [1.29, 1.82) is 0 Å². The lowest BCUT2D eigenvalue weighted by atomic mass is 9.87. The first-order valence-corrected chi connectivity index (χ1v) is 9.77. The van der Waals surface area contributed by atoms with E-state index in [1.54, 1.807) is 12.4 Å². The second-order valence-corrected chi connectivity index (χ2v) is 7.44. The Morgan fingerprint density at radius 3 is 2.10 bits per heavy atom. The molecule has 156 valence electrons. The van der Waals surface area contributed by atoms with Crippen LogP contribution in [-0.2, 0) is 19.2 Å². The summed E-state index contributed by atoms with van der Waals surface area (Å²) in [4.78, 5) is 33.8. The van der Waals surface area contributed by atoms with Crippen molar-refractivity contribution in [3.8, 4) is 0 Å². The maximum absolute atomic E-state index is 12.5. The number of hydrogen-bond acceptors (Lipinski definition) is 8. The number of aliphatic carboxylic acids is 1. The van der Waals surface area contributed by atoms with Crippen molar-refractivity contribution in [3.05, 3.63) is 44.5 Å². The average Bonchev–Trinajstić information content (AvgIpc) is 3.17. The van der Waals surface area contributed by atoms with Crippen LogP contribution in [0, 0.1) is 34.6 Å². The molecule has 0 bridgehead atoms. The third kappa shape index (κ3) is 4.40. The minimum absolute atomic E-state index is 0.139. The number of nitrogens with one attached hydrogen (secondary N) is 1. The first kappa shape index (κ1) is 22.4. The Morgan fingerprint density at radius 2 is 1.66 bits per heavy atom. The van der Waals surface area contributed by atoms with E-state index in [2.05, 4.69) is 15.5 Å². The Balaban J connectivity index is 2.56. The van der Waals surface area contributed by atoms with E-state index in [9.17, 15) is 14.7 Å². The molecular weight excluding hydrogens is 394 g/mol. The number of thiazole rings is 1. The highest BCUT2D eigenvalue weighted by Crippen LogP contribution is 2.33. The molecule has 1 aromatic heterocycles. The van der Waals surface area contributed by atoms with Gasteiger partial charge in [-0.2, -0.15) is 0 Å². The predicted octanol–water partition coefficient (Wildman–Crippen LogP) is 3.45. The molecule has 0 aliphatic rings. The quantitative estimate of drug-likeness (QED) is 0.402. The SMILES string of the molecule is CNc1nc(/C(=N\OC(C(=O)OC)c2c(C)c(C)c(C)c(C)c2C)C(=O)O)cs1. The van der Waals surface area contributed by atoms with E-state index in [1.807, 2.05) is 34.6 Å². The van der Waals surface area contributed by atoms with Gasteiger partial charge in [-0.3, -0.25) is 0 Å². The van der Waals surface area contributed by atoms with Gasteiger partial charge in [-0.05, 0) is 62.4 Å². The molecule has 0 amide bonds. The van der Waals surface area contributed by atoms with Crippen LogP contribution in [0.4, 0.5) is 5.13 Å². The molecule has 1 heterocycles. The molecular formula is C20H25N3O5S. The summed E-state index contributed by atoms with van der Waals surface area (Å²) in [6, 6.07) is 0. The van der Waals surface area contributed by atoms with Gasteiger partial charge >= 0.3 is 11.9 Å². The monoisotopic (exact) mass is 419 g/mol. The number of ether oxygens (including phenoxy) is 1. The highest BCUT2D eigenvalue weighted by atomic mass is 32.1. The summed E-state index contributed by atoms with van der Waals surface area (Å²) in [5.41, 5.74) is 5.30. The number of esters is 1. The highest BCUT2D eigenvalue weighted by molar-refractivity contribution is 7.14. The molecule has 1 aromatic carbocycles. The molecule has 0 saturated carbocycles. The number of hydrogen-bond donors (Lipinski definition) is 2. The lowest BCUT2D eigenvalue weighted by molar-refractivity contribution is -0.155. The Labute approximate surface area is 173 Å². The van der Waals surface area contributed by atoms with Crippen LogP contribution >= 0.6 is 11.3 Å². The van der Waals surface area contributed by atoms with E-state index < -0.39 is 23.8 Å². The summed E-state index contributed by atoms with van der Waals surface area (Å²) in [5.74, 6) is -1.98. The van der Waals surface area contributed by atoms with Crippen LogP contribution in [-0.4, -0.2) is 41.9 Å². The normalized spacial score (nSPS) is 12.4. The molecule has 0 fully saturated rings. The number of methoxy groups -OCH3 is 1. The molecule has 8 nitrogen and oxygen atoms in total. The van der Waals surface area contributed by atoms with Crippen LogP contribution in [0.2, 0.25) is 0 Å². The van der Waals surface area contributed by atoms with Crippen molar-refractivity contribution in [2.45, 2.75) is 40.7 Å². The molecule has 0 spiro atoms. The van der Waals surface area contributed by atoms with E-state index in [-0.39, 0.29) is 5.69 Å². The number of rotatable bonds is 7. The molecule has 1 atom stereocenters. The van der Waals surface area contributed by atoms with Crippen LogP contribution in [0.1, 0.15) is 45.2 Å². The number of oxime groups is 1. The van der Waals surface area contributed by atoms with Gasteiger partial charge in [-0.1, -0.05) is 5.16 Å². The zero-order valence-corrected chi connectivity index (χ0v) is 18.4. The second kappa shape index (κ2) is 9.04. The minimum Gasteiger partial charge on any atom is -0.476 e. The van der Waals surface area contributed by atoms with Crippen LogP contribution in [0.3, 0.4) is 0 Å². The maximum Gasteiger partial charge on any atom is 0.360 e. The number of aromatic nitrogens is 1. The van der Waals surface area contributed by atoms with Crippen molar-refractivity contribution < 1.29 is 24.3 Å². The number of anilines is 1. The van der Waals surface area contributed by atoms with Gasteiger partial charge in [-0.25, -0.2) is 14.6 Å². The highest BCUT2D eigenvalue weighted by Gasteiger charge is 2.30. The second-order valence-electron chi connectivity index (χ2n) is 6.58. The van der Waals surface area contributed by atoms with Gasteiger partial charge in [0.05, 0.1) is 7.11 Å². The van der Waals surface area contributed by atoms with Crippen molar-refractivity contribution in [1.82, 2.24) is 4.98 Å². The molecule has 0 radical (unpaired) electrons. The fourth-order valence-corrected chi connectivity index (χ4v) is 3.70. The van der Waals surface area contributed by atoms with E-state index >= 15 is 0 Å². The lowest BCUT2D eigenvalue weighted by Crippen LogP contribution is -2.22. The van der Waals surface area contributed by atoms with Crippen molar-refractivity contribution >= 4 is 34.1 Å². The fraction of sp³-hybridized carbons (Fsp3) is 0.400. The summed E-state index contributed by atoms with van der Waals surface area (Å²) >= 11 is 1.23. The topological polar surface area (TPSA) is 110 Å². The van der Waals surface area contributed by atoms with Crippen LogP contribution in [0.5, 0.6) is 0 Å². The standard InChI is InChI=1S/C20H25N3O5S/c1-9-10(2)12(4)15(13(5)11(9)3)17(19(26)27-7)28-23-16(18(24)25)14-8-29-20(21-6)22-14/h8,17H,1-7H3,(H,21,22)(H,24,25)/b23-16+. The van der Waals surface area contributed by atoms with Crippen molar-refractivity contribution in [2.75, 3.05) is 19.5 Å². The Kier molecular flexibility index (Phi) is 6.97. The lowest BCUT2D eigenvalue weighted by Gasteiger charge is -2.23. The van der Waals surface area contributed by atoms with Gasteiger partial charge < -0.3 is 20.0 Å². The molecule has 0 aliphatic heterocycles. The van der Waals surface area contributed by atoms with Gasteiger partial charge in [0.1, 0.15) is 5.69 Å². The van der Waals surface area contributed by atoms with Gasteiger partial charge in [0.25, 0.3) is 0 Å². The van der Waals surface area contributed by atoms with Crippen molar-refractivity contribution in [2.24, 2.45) is 5.16 Å². The number of nitrogens with zero attached hydrogens (tertiary/aromatic N) is 2. The molecule has 0 saturated heterocycles. The Hall–Kier alpha value is -2.94. The molecule has 2 N–H and O–H groups in total. The van der Waals surface area contributed by atoms with Crippen LogP contribution in [0.25, 0.3) is 0 Å². The van der Waals surface area contributed by atoms with Crippen molar-refractivity contribution in [3.63, 3.8) is 0 Å². The molecule has 0 aliphatic carbocycles. The smallest absolute Gasteiger partial charge is 0.360 e. The van der Waals surface area contributed by atoms with E-state index in [1.165, 1.54) is 18.4 Å². The first-order valence-electron chi connectivity index (χ1n) is 8.89. The minimum atomic E-state index is -1.31. The summed E-state index contributed by atoms with van der Waals surface area (Å²) in [6.07, 6.45) is -1.20. The third-order valence-electron chi connectivity index (χ3n) is 5.15. The van der Waals surface area contributed by atoms with Gasteiger partial charge in [0.2, 0.25) is 11.8 Å². The zero-order chi connectivity index (χ0) is 21.9. The van der Waals surface area contributed by atoms with E-state index in [4.69, 9.17) is 9.57 Å². The molecule has 29 heavy (non-hydrogen) atoms. The molecule has 1 unspecified atom stereocenters. The Bertz CT molecular complexity index is 952. The number of carbonyl (C=O) groups excluding carboxylic acids is 1. The number of carboxylic acids is 1. The van der Waals surface area contributed by atoms with E-state index in [0.717, 1.165) is 27.8 Å². The summed E-state index contributed by atoms with van der Waals surface area (Å²) < 4.78 is 4.90. The molecule has 2 aromatic rings. The molecule has 2 rings (SSSR count). The number of carbonyl (C=O) groups is 2. The summed E-state index contributed by atoms with van der Waals surface area (Å²) in [5, 5.41) is 18.2. The Morgan fingerprint density at radius 1 is 1.10 bits per heavy atom. The predicted molar refractivity (Wildman–Crippen MR) is 112 cm³/mol. The first-order chi connectivity index (χ1) is 13.6. The number of benzene rings is 1. The molecule has 9 heteroatoms. The van der Waals surface area contributed by atoms with E-state index in [0.29, 0.717) is 10.7 Å². The van der Waals surface area contributed by atoms with Crippen LogP contribution in [0.15, 0.2) is 10.5 Å². The summed E-state index contributed by atoms with van der Waals surface area (Å²) in [7, 11) is 2.93. The average molecular weight is 420 g/mol. The summed E-state index contributed by atoms with van der Waals surface area (Å²) in [6.45, 7) is 9.74. The third-order valence-corrected chi connectivity index (χ3v) is 6.01. The van der Waals surface area contributed by atoms with Gasteiger partial charge in [-0.15, -0.1) is 11.3 Å². The number of carboxylic acid groups (broad SMARTS) is 1. The fourth-order valence-electron chi connectivity index (χ4n) is 3.04. The van der Waals surface area contributed by atoms with Gasteiger partial charge in [0.15, 0.2) is 5.13 Å². The zero-order valence-electron chi connectivity index (χ0n) is 17.5. The maximum atomic E-state index is 12.5. The van der Waals surface area contributed by atoms with Gasteiger partial charge in [0, 0.05) is 18.0 Å². The largest absolute Gasteiger partial charge is 0.476 e.